The Kier molecular flexibility index (Phi) is 6.10. The number of carbonyl (C=O) groups is 2. The standard InChI is InChI=1S/C21H21N3O3/c1-2-27-21(26)18(25)14-9-15-19-22-20(16-10-5-3-6-11-16)24(23-19)17-12-7-4-8-13-17/h3-8,10-13H,2,9,14-15H2,1H3. The lowest BCUT2D eigenvalue weighted by Crippen LogP contribution is -2.17. The molecule has 0 spiro atoms. The maximum absolute atomic E-state index is 11.7. The Bertz CT molecular complexity index is 848. The van der Waals surface area contributed by atoms with Crippen molar-refractivity contribution in [1.29, 1.82) is 0 Å². The predicted octanol–water partition coefficient (Wildman–Crippen LogP) is 3.39. The molecule has 0 saturated carbocycles. The van der Waals surface area contributed by atoms with E-state index in [0.29, 0.717) is 18.7 Å². The highest BCUT2D eigenvalue weighted by Crippen LogP contribution is 2.21. The average Bonchev–Trinajstić information content (AvgIpc) is 3.13. The number of ketones is 1. The van der Waals surface area contributed by atoms with Gasteiger partial charge in [0.05, 0.1) is 12.3 Å². The van der Waals surface area contributed by atoms with Gasteiger partial charge in [0, 0.05) is 18.4 Å². The maximum Gasteiger partial charge on any atom is 0.374 e. The van der Waals surface area contributed by atoms with Crippen LogP contribution in [-0.4, -0.2) is 33.1 Å². The van der Waals surface area contributed by atoms with Crippen LogP contribution in [0, 0.1) is 0 Å². The molecule has 0 aliphatic carbocycles. The fourth-order valence-electron chi connectivity index (χ4n) is 2.70. The number of ether oxygens (including phenoxy) is 1. The van der Waals surface area contributed by atoms with Crippen molar-refractivity contribution in [1.82, 2.24) is 14.8 Å². The lowest BCUT2D eigenvalue weighted by molar-refractivity contribution is -0.153. The van der Waals surface area contributed by atoms with Crippen LogP contribution >= 0.6 is 0 Å². The Labute approximate surface area is 157 Å². The predicted molar refractivity (Wildman–Crippen MR) is 101 cm³/mol. The number of aromatic nitrogens is 3. The largest absolute Gasteiger partial charge is 0.460 e. The van der Waals surface area contributed by atoms with E-state index in [9.17, 15) is 9.59 Å². The molecule has 0 unspecified atom stereocenters. The van der Waals surface area contributed by atoms with Crippen molar-refractivity contribution < 1.29 is 14.3 Å². The van der Waals surface area contributed by atoms with E-state index in [2.05, 4.69) is 10.1 Å². The molecule has 3 aromatic rings. The first kappa shape index (κ1) is 18.5. The number of hydrogen-bond acceptors (Lipinski definition) is 5. The molecule has 138 valence electrons. The molecule has 6 heteroatoms. The first-order chi connectivity index (χ1) is 13.2. The van der Waals surface area contributed by atoms with Crippen LogP contribution in [0.25, 0.3) is 17.1 Å². The van der Waals surface area contributed by atoms with Crippen molar-refractivity contribution in [2.24, 2.45) is 0 Å². The highest BCUT2D eigenvalue weighted by Gasteiger charge is 2.16. The average molecular weight is 363 g/mol. The third-order valence-corrected chi connectivity index (χ3v) is 3.99. The van der Waals surface area contributed by atoms with Gasteiger partial charge in [0.15, 0.2) is 11.6 Å². The lowest BCUT2D eigenvalue weighted by Gasteiger charge is -2.05. The molecule has 0 saturated heterocycles. The van der Waals surface area contributed by atoms with Gasteiger partial charge < -0.3 is 4.74 Å². The van der Waals surface area contributed by atoms with Crippen LogP contribution in [0.5, 0.6) is 0 Å². The summed E-state index contributed by atoms with van der Waals surface area (Å²) in [7, 11) is 0. The van der Waals surface area contributed by atoms with E-state index in [-0.39, 0.29) is 13.0 Å². The van der Waals surface area contributed by atoms with Gasteiger partial charge in [0.2, 0.25) is 5.78 Å². The van der Waals surface area contributed by atoms with Gasteiger partial charge >= 0.3 is 5.97 Å². The van der Waals surface area contributed by atoms with Crippen molar-refractivity contribution in [3.8, 4) is 17.1 Å². The molecule has 1 heterocycles. The summed E-state index contributed by atoms with van der Waals surface area (Å²) in [6.07, 6.45) is 1.12. The molecule has 0 bridgehead atoms. The van der Waals surface area contributed by atoms with Gasteiger partial charge in [-0.1, -0.05) is 48.5 Å². The fourth-order valence-corrected chi connectivity index (χ4v) is 2.70. The second-order valence-electron chi connectivity index (χ2n) is 5.96. The third-order valence-electron chi connectivity index (χ3n) is 3.99. The van der Waals surface area contributed by atoms with Gasteiger partial charge in [-0.25, -0.2) is 14.5 Å². The zero-order chi connectivity index (χ0) is 19.1. The summed E-state index contributed by atoms with van der Waals surface area (Å²) < 4.78 is 6.52. The van der Waals surface area contributed by atoms with E-state index in [0.717, 1.165) is 17.1 Å². The fraction of sp³-hybridized carbons (Fsp3) is 0.238. The van der Waals surface area contributed by atoms with Gasteiger partial charge in [0.25, 0.3) is 0 Å². The molecule has 0 aliphatic heterocycles. The van der Waals surface area contributed by atoms with Crippen LogP contribution in [-0.2, 0) is 20.7 Å². The Balaban J connectivity index is 1.78. The van der Waals surface area contributed by atoms with Crippen LogP contribution < -0.4 is 0 Å². The minimum atomic E-state index is -0.773. The monoisotopic (exact) mass is 363 g/mol. The number of aryl methyl sites for hydroxylation is 1. The zero-order valence-corrected chi connectivity index (χ0v) is 15.2. The highest BCUT2D eigenvalue weighted by atomic mass is 16.5. The molecule has 0 fully saturated rings. The Morgan fingerprint density at radius 1 is 1.00 bits per heavy atom. The second kappa shape index (κ2) is 8.89. The number of Topliss-reactive ketones (excluding diaryl/α,β-unsaturated/α-hetero) is 1. The molecule has 0 radical (unpaired) electrons. The van der Waals surface area contributed by atoms with Gasteiger partial charge in [-0.15, -0.1) is 0 Å². The van der Waals surface area contributed by atoms with Crippen molar-refractivity contribution in [3.05, 3.63) is 66.5 Å². The summed E-state index contributed by atoms with van der Waals surface area (Å²) in [4.78, 5) is 27.8. The van der Waals surface area contributed by atoms with E-state index < -0.39 is 11.8 Å². The minimum absolute atomic E-state index is 0.124. The zero-order valence-electron chi connectivity index (χ0n) is 15.2. The molecule has 3 rings (SSSR count). The number of para-hydroxylation sites is 1. The summed E-state index contributed by atoms with van der Waals surface area (Å²) in [6, 6.07) is 19.6. The van der Waals surface area contributed by atoms with E-state index >= 15 is 0 Å². The summed E-state index contributed by atoms with van der Waals surface area (Å²) in [5.41, 5.74) is 1.88. The van der Waals surface area contributed by atoms with Crippen LogP contribution in [0.2, 0.25) is 0 Å². The number of rotatable bonds is 8. The number of hydrogen-bond donors (Lipinski definition) is 0. The molecule has 2 aromatic carbocycles. The highest BCUT2D eigenvalue weighted by molar-refractivity contribution is 6.33. The number of esters is 1. The SMILES string of the molecule is CCOC(=O)C(=O)CCCc1nc(-c2ccccc2)n(-c2ccccc2)n1. The normalized spacial score (nSPS) is 10.6. The molecule has 6 nitrogen and oxygen atoms in total. The smallest absolute Gasteiger partial charge is 0.374 e. The number of benzene rings is 2. The Hall–Kier alpha value is -3.28. The van der Waals surface area contributed by atoms with Crippen molar-refractivity contribution in [2.45, 2.75) is 26.2 Å². The van der Waals surface area contributed by atoms with Crippen molar-refractivity contribution in [2.75, 3.05) is 6.61 Å². The summed E-state index contributed by atoms with van der Waals surface area (Å²) >= 11 is 0. The quantitative estimate of drug-likeness (QED) is 0.453. The van der Waals surface area contributed by atoms with Gasteiger partial charge in [0.1, 0.15) is 0 Å². The lowest BCUT2D eigenvalue weighted by atomic mass is 10.1. The summed E-state index contributed by atoms with van der Waals surface area (Å²) in [5.74, 6) is 0.0933. The van der Waals surface area contributed by atoms with Crippen molar-refractivity contribution >= 4 is 11.8 Å². The molecule has 0 N–H and O–H groups in total. The first-order valence-corrected chi connectivity index (χ1v) is 8.95. The van der Waals surface area contributed by atoms with E-state index in [1.54, 1.807) is 11.6 Å². The van der Waals surface area contributed by atoms with Crippen LogP contribution in [0.4, 0.5) is 0 Å². The topological polar surface area (TPSA) is 74.1 Å². The molecular formula is C21H21N3O3. The van der Waals surface area contributed by atoms with Crippen LogP contribution in [0.3, 0.4) is 0 Å². The second-order valence-corrected chi connectivity index (χ2v) is 5.96. The van der Waals surface area contributed by atoms with Gasteiger partial charge in [-0.3, -0.25) is 4.79 Å². The molecule has 27 heavy (non-hydrogen) atoms. The van der Waals surface area contributed by atoms with Gasteiger partial charge in [-0.2, -0.15) is 5.10 Å². The Morgan fingerprint density at radius 2 is 1.67 bits per heavy atom. The van der Waals surface area contributed by atoms with E-state index in [4.69, 9.17) is 4.74 Å². The maximum atomic E-state index is 11.7. The van der Waals surface area contributed by atoms with Crippen LogP contribution in [0.15, 0.2) is 60.7 Å². The minimum Gasteiger partial charge on any atom is -0.460 e. The number of carbonyl (C=O) groups excluding carboxylic acids is 2. The van der Waals surface area contributed by atoms with E-state index in [1.807, 2.05) is 60.7 Å². The van der Waals surface area contributed by atoms with Crippen molar-refractivity contribution in [3.63, 3.8) is 0 Å². The first-order valence-electron chi connectivity index (χ1n) is 8.95. The van der Waals surface area contributed by atoms with Gasteiger partial charge in [-0.05, 0) is 25.5 Å². The Morgan fingerprint density at radius 3 is 2.33 bits per heavy atom. The van der Waals surface area contributed by atoms with Crippen LogP contribution in [0.1, 0.15) is 25.6 Å². The number of nitrogens with zero attached hydrogens (tertiary/aromatic N) is 3. The molecule has 0 amide bonds. The third kappa shape index (κ3) is 4.67. The molecule has 1 aromatic heterocycles. The molecule has 0 aliphatic rings. The molecular weight excluding hydrogens is 342 g/mol. The van der Waals surface area contributed by atoms with E-state index in [1.165, 1.54) is 0 Å². The molecule has 0 atom stereocenters. The summed E-state index contributed by atoms with van der Waals surface area (Å²) in [5, 5.41) is 4.61. The summed E-state index contributed by atoms with van der Waals surface area (Å²) in [6.45, 7) is 1.88.